The topological polar surface area (TPSA) is 66.6 Å². The van der Waals surface area contributed by atoms with Crippen molar-refractivity contribution in [3.8, 4) is 6.07 Å². The summed E-state index contributed by atoms with van der Waals surface area (Å²) in [7, 11) is 0. The van der Waals surface area contributed by atoms with Gasteiger partial charge in [-0.1, -0.05) is 11.6 Å². The summed E-state index contributed by atoms with van der Waals surface area (Å²) in [4.78, 5) is 17.3. The van der Waals surface area contributed by atoms with E-state index in [4.69, 9.17) is 16.9 Å². The predicted octanol–water partition coefficient (Wildman–Crippen LogP) is 0.814. The number of carbonyl (C=O) groups is 1. The number of rotatable bonds is 1. The van der Waals surface area contributed by atoms with Crippen molar-refractivity contribution in [1.82, 2.24) is 9.97 Å². The largest absolute Gasteiger partial charge is 0.296 e. The second-order valence-corrected chi connectivity index (χ2v) is 2.02. The molecule has 0 aliphatic rings. The van der Waals surface area contributed by atoms with Gasteiger partial charge in [0.1, 0.15) is 11.8 Å². The maximum absolute atomic E-state index is 10.1. The Hall–Kier alpha value is -1.47. The molecule has 4 nitrogen and oxygen atoms in total. The third-order valence-corrected chi connectivity index (χ3v) is 1.25. The van der Waals surface area contributed by atoms with Gasteiger partial charge in [0.05, 0.1) is 6.20 Å². The molecule has 0 saturated carbocycles. The highest BCUT2D eigenvalue weighted by atomic mass is 35.5. The maximum Gasteiger partial charge on any atom is 0.178 e. The standard InChI is InChI=1S/C6H2ClN3O/c7-6-5(1-8)10-4(3-11)2-9-6/h2-3H. The Balaban J connectivity index is 3.25. The Bertz CT molecular complexity index is 331. The molecule has 5 heteroatoms. The Morgan fingerprint density at radius 1 is 1.73 bits per heavy atom. The minimum absolute atomic E-state index is 0.0121. The summed E-state index contributed by atoms with van der Waals surface area (Å²) in [6.45, 7) is 0. The molecule has 1 aromatic rings. The second kappa shape index (κ2) is 3.08. The summed E-state index contributed by atoms with van der Waals surface area (Å²) >= 11 is 5.44. The first kappa shape index (κ1) is 7.63. The van der Waals surface area contributed by atoms with Crippen molar-refractivity contribution in [2.75, 3.05) is 0 Å². The fraction of sp³-hybridized carbons (Fsp3) is 0. The molecule has 1 rings (SSSR count). The average molecular weight is 168 g/mol. The van der Waals surface area contributed by atoms with Gasteiger partial charge in [-0.25, -0.2) is 9.97 Å². The van der Waals surface area contributed by atoms with Gasteiger partial charge in [-0.05, 0) is 0 Å². The number of nitriles is 1. The number of hydrogen-bond donors (Lipinski definition) is 0. The first-order valence-corrected chi connectivity index (χ1v) is 3.03. The molecule has 0 saturated heterocycles. The number of carbonyl (C=O) groups excluding carboxylic acids is 1. The number of hydrogen-bond acceptors (Lipinski definition) is 4. The summed E-state index contributed by atoms with van der Waals surface area (Å²) in [6, 6.07) is 1.71. The molecule has 0 amide bonds. The average Bonchev–Trinajstić information content (AvgIpc) is 2.05. The molecule has 0 bridgehead atoms. The van der Waals surface area contributed by atoms with Crippen LogP contribution in [0.4, 0.5) is 0 Å². The van der Waals surface area contributed by atoms with Gasteiger partial charge in [0, 0.05) is 0 Å². The Morgan fingerprint density at radius 2 is 2.45 bits per heavy atom. The molecule has 0 spiro atoms. The van der Waals surface area contributed by atoms with Gasteiger partial charge in [-0.3, -0.25) is 4.79 Å². The van der Waals surface area contributed by atoms with Crippen molar-refractivity contribution < 1.29 is 4.79 Å². The molecule has 0 aromatic carbocycles. The van der Waals surface area contributed by atoms with Crippen LogP contribution in [0.5, 0.6) is 0 Å². The highest BCUT2D eigenvalue weighted by Crippen LogP contribution is 2.07. The molecule has 1 aromatic heterocycles. The van der Waals surface area contributed by atoms with Gasteiger partial charge in [-0.15, -0.1) is 0 Å². The van der Waals surface area contributed by atoms with Gasteiger partial charge in [-0.2, -0.15) is 5.26 Å². The Morgan fingerprint density at radius 3 is 3.00 bits per heavy atom. The van der Waals surface area contributed by atoms with E-state index in [1.54, 1.807) is 6.07 Å². The Labute approximate surface area is 67.5 Å². The fourth-order valence-electron chi connectivity index (χ4n) is 0.516. The number of aldehydes is 1. The zero-order chi connectivity index (χ0) is 8.27. The maximum atomic E-state index is 10.1. The lowest BCUT2D eigenvalue weighted by Crippen LogP contribution is -1.93. The molecule has 0 atom stereocenters. The number of aromatic nitrogens is 2. The van der Waals surface area contributed by atoms with E-state index < -0.39 is 0 Å². The van der Waals surface area contributed by atoms with E-state index in [1.165, 1.54) is 6.20 Å². The Kier molecular flexibility index (Phi) is 2.14. The van der Waals surface area contributed by atoms with Crippen LogP contribution in [-0.2, 0) is 0 Å². The lowest BCUT2D eigenvalue weighted by atomic mass is 10.4. The molecule has 0 aliphatic heterocycles. The summed E-state index contributed by atoms with van der Waals surface area (Å²) in [5, 5.41) is 8.40. The molecule has 0 fully saturated rings. The first-order valence-electron chi connectivity index (χ1n) is 2.65. The van der Waals surface area contributed by atoms with Crippen LogP contribution in [0.1, 0.15) is 16.2 Å². The zero-order valence-corrected chi connectivity index (χ0v) is 6.04. The quantitative estimate of drug-likeness (QED) is 0.581. The van der Waals surface area contributed by atoms with Crippen molar-refractivity contribution in [3.05, 3.63) is 22.7 Å². The van der Waals surface area contributed by atoms with Crippen LogP contribution in [0.2, 0.25) is 5.15 Å². The van der Waals surface area contributed by atoms with Crippen LogP contribution < -0.4 is 0 Å². The van der Waals surface area contributed by atoms with E-state index in [0.717, 1.165) is 0 Å². The van der Waals surface area contributed by atoms with Gasteiger partial charge < -0.3 is 0 Å². The third kappa shape index (κ3) is 1.51. The van der Waals surface area contributed by atoms with Crippen molar-refractivity contribution in [2.45, 2.75) is 0 Å². The summed E-state index contributed by atoms with van der Waals surface area (Å²) < 4.78 is 0. The SMILES string of the molecule is N#Cc1nc(C=O)cnc1Cl. The van der Waals surface area contributed by atoms with E-state index in [1.807, 2.05) is 0 Å². The van der Waals surface area contributed by atoms with Gasteiger partial charge in [0.15, 0.2) is 17.1 Å². The van der Waals surface area contributed by atoms with Gasteiger partial charge >= 0.3 is 0 Å². The van der Waals surface area contributed by atoms with Crippen LogP contribution in [0.25, 0.3) is 0 Å². The molecule has 0 aliphatic carbocycles. The van der Waals surface area contributed by atoms with Crippen LogP contribution in [0.15, 0.2) is 6.20 Å². The normalized spacial score (nSPS) is 8.73. The minimum atomic E-state index is -0.0312. The lowest BCUT2D eigenvalue weighted by Gasteiger charge is -1.91. The van der Waals surface area contributed by atoms with Crippen LogP contribution in [-0.4, -0.2) is 16.3 Å². The predicted molar refractivity (Wildman–Crippen MR) is 37.1 cm³/mol. The van der Waals surface area contributed by atoms with Crippen molar-refractivity contribution >= 4 is 17.9 Å². The minimum Gasteiger partial charge on any atom is -0.296 e. The molecule has 54 valence electrons. The summed E-state index contributed by atoms with van der Waals surface area (Å²) in [5.74, 6) is 0. The van der Waals surface area contributed by atoms with Crippen LogP contribution >= 0.6 is 11.6 Å². The number of halogens is 1. The van der Waals surface area contributed by atoms with E-state index in [9.17, 15) is 4.79 Å². The lowest BCUT2D eigenvalue weighted by molar-refractivity contribution is 0.111. The van der Waals surface area contributed by atoms with Crippen molar-refractivity contribution in [1.29, 1.82) is 5.26 Å². The molecule has 0 radical (unpaired) electrons. The fourth-order valence-corrected chi connectivity index (χ4v) is 0.649. The first-order chi connectivity index (χ1) is 5.27. The molecule has 0 unspecified atom stereocenters. The zero-order valence-electron chi connectivity index (χ0n) is 5.28. The number of nitrogens with zero attached hydrogens (tertiary/aromatic N) is 3. The smallest absolute Gasteiger partial charge is 0.178 e. The second-order valence-electron chi connectivity index (χ2n) is 1.66. The molecule has 0 N–H and O–H groups in total. The summed E-state index contributed by atoms with van der Waals surface area (Å²) in [5.41, 5.74) is 0.0715. The highest BCUT2D eigenvalue weighted by Gasteiger charge is 2.02. The van der Waals surface area contributed by atoms with Crippen molar-refractivity contribution in [3.63, 3.8) is 0 Å². The monoisotopic (exact) mass is 167 g/mol. The molecular weight excluding hydrogens is 166 g/mol. The molecular formula is C6H2ClN3O. The van der Waals surface area contributed by atoms with Gasteiger partial charge in [0.2, 0.25) is 0 Å². The van der Waals surface area contributed by atoms with E-state index in [0.29, 0.717) is 6.29 Å². The highest BCUT2D eigenvalue weighted by molar-refractivity contribution is 6.30. The molecule has 1 heterocycles. The van der Waals surface area contributed by atoms with E-state index >= 15 is 0 Å². The van der Waals surface area contributed by atoms with E-state index in [-0.39, 0.29) is 16.5 Å². The van der Waals surface area contributed by atoms with Crippen LogP contribution in [0.3, 0.4) is 0 Å². The van der Waals surface area contributed by atoms with Crippen LogP contribution in [0, 0.1) is 11.3 Å². The van der Waals surface area contributed by atoms with Crippen molar-refractivity contribution in [2.24, 2.45) is 0 Å². The molecule has 11 heavy (non-hydrogen) atoms. The van der Waals surface area contributed by atoms with E-state index in [2.05, 4.69) is 9.97 Å². The third-order valence-electron chi connectivity index (χ3n) is 0.973. The summed E-state index contributed by atoms with van der Waals surface area (Å²) in [6.07, 6.45) is 1.71. The van der Waals surface area contributed by atoms with Gasteiger partial charge in [0.25, 0.3) is 0 Å².